The normalized spacial score (nSPS) is 18.4. The average Bonchev–Trinajstić information content (AvgIpc) is 2.81. The van der Waals surface area contributed by atoms with Crippen LogP contribution in [0.25, 0.3) is 11.3 Å². The number of nitrogens with zero attached hydrogens (tertiary/aromatic N) is 2. The first-order valence-corrected chi connectivity index (χ1v) is 5.67. The standard InChI is InChI=1S/C13H11N3O2/c1-8-12(17)14-11-7-10(15-16(11)13(8)18)9-5-3-2-4-6-9/h2-8H,1H3,(H,14,17). The van der Waals surface area contributed by atoms with Gasteiger partial charge in [-0.3, -0.25) is 9.59 Å². The Hall–Kier alpha value is -2.43. The third kappa shape index (κ3) is 1.52. The maximum atomic E-state index is 11.9. The van der Waals surface area contributed by atoms with E-state index < -0.39 is 5.92 Å². The molecule has 0 saturated heterocycles. The highest BCUT2D eigenvalue weighted by molar-refractivity contribution is 6.11. The number of fused-ring (bicyclic) bond motifs is 1. The Labute approximate surface area is 103 Å². The molecule has 5 nitrogen and oxygen atoms in total. The summed E-state index contributed by atoms with van der Waals surface area (Å²) in [5, 5.41) is 6.91. The number of anilines is 1. The third-order valence-corrected chi connectivity index (χ3v) is 3.00. The lowest BCUT2D eigenvalue weighted by atomic mass is 10.1. The topological polar surface area (TPSA) is 64.0 Å². The molecule has 0 fully saturated rings. The van der Waals surface area contributed by atoms with Crippen molar-refractivity contribution in [3.05, 3.63) is 36.4 Å². The van der Waals surface area contributed by atoms with Crippen LogP contribution < -0.4 is 5.32 Å². The molecule has 5 heteroatoms. The third-order valence-electron chi connectivity index (χ3n) is 3.00. The molecule has 1 N–H and O–H groups in total. The highest BCUT2D eigenvalue weighted by atomic mass is 16.2. The SMILES string of the molecule is CC1C(=O)Nc2cc(-c3ccccc3)nn2C1=O. The van der Waals surface area contributed by atoms with Crippen molar-refractivity contribution in [1.29, 1.82) is 0 Å². The maximum Gasteiger partial charge on any atom is 0.261 e. The molecule has 0 radical (unpaired) electrons. The Morgan fingerprint density at radius 2 is 1.94 bits per heavy atom. The van der Waals surface area contributed by atoms with Gasteiger partial charge in [0.2, 0.25) is 5.91 Å². The van der Waals surface area contributed by atoms with Crippen LogP contribution in [-0.4, -0.2) is 21.6 Å². The van der Waals surface area contributed by atoms with E-state index in [4.69, 9.17) is 0 Å². The van der Waals surface area contributed by atoms with Crippen LogP contribution in [0.1, 0.15) is 11.7 Å². The number of benzene rings is 1. The molecule has 0 aliphatic carbocycles. The van der Waals surface area contributed by atoms with Crippen LogP contribution in [0.15, 0.2) is 36.4 Å². The number of hydrogen-bond donors (Lipinski definition) is 1. The van der Waals surface area contributed by atoms with Crippen LogP contribution in [0, 0.1) is 5.92 Å². The number of nitrogens with one attached hydrogen (secondary N) is 1. The molecule has 1 aromatic heterocycles. The Bertz CT molecular complexity index is 631. The largest absolute Gasteiger partial charge is 0.310 e. The van der Waals surface area contributed by atoms with Gasteiger partial charge in [-0.05, 0) is 6.92 Å². The molecule has 90 valence electrons. The number of rotatable bonds is 1. The van der Waals surface area contributed by atoms with Gasteiger partial charge < -0.3 is 5.32 Å². The highest BCUT2D eigenvalue weighted by Crippen LogP contribution is 2.25. The van der Waals surface area contributed by atoms with Gasteiger partial charge in [0.25, 0.3) is 5.91 Å². The zero-order valence-electron chi connectivity index (χ0n) is 9.75. The zero-order valence-corrected chi connectivity index (χ0v) is 9.75. The van der Waals surface area contributed by atoms with E-state index in [2.05, 4.69) is 10.4 Å². The molecular formula is C13H11N3O2. The number of carbonyl (C=O) groups is 2. The van der Waals surface area contributed by atoms with Crippen molar-refractivity contribution in [2.24, 2.45) is 5.92 Å². The Morgan fingerprint density at radius 1 is 1.22 bits per heavy atom. The Morgan fingerprint density at radius 3 is 2.67 bits per heavy atom. The number of aromatic nitrogens is 2. The van der Waals surface area contributed by atoms with Gasteiger partial charge in [-0.1, -0.05) is 30.3 Å². The van der Waals surface area contributed by atoms with E-state index in [1.54, 1.807) is 13.0 Å². The first-order valence-electron chi connectivity index (χ1n) is 5.67. The van der Waals surface area contributed by atoms with Crippen LogP contribution in [-0.2, 0) is 4.79 Å². The van der Waals surface area contributed by atoms with E-state index in [1.165, 1.54) is 4.68 Å². The Balaban J connectivity index is 2.09. The number of carbonyl (C=O) groups excluding carboxylic acids is 2. The van der Waals surface area contributed by atoms with E-state index in [1.807, 2.05) is 30.3 Å². The van der Waals surface area contributed by atoms with Gasteiger partial charge in [-0.15, -0.1) is 0 Å². The summed E-state index contributed by atoms with van der Waals surface area (Å²) in [5.74, 6) is -0.842. The fourth-order valence-corrected chi connectivity index (χ4v) is 1.92. The second-order valence-electron chi connectivity index (χ2n) is 4.24. The summed E-state index contributed by atoms with van der Waals surface area (Å²) < 4.78 is 1.26. The Kier molecular flexibility index (Phi) is 2.26. The van der Waals surface area contributed by atoms with Crippen LogP contribution in [0.4, 0.5) is 5.82 Å². The first-order chi connectivity index (χ1) is 8.66. The van der Waals surface area contributed by atoms with Crippen molar-refractivity contribution in [3.8, 4) is 11.3 Å². The second-order valence-corrected chi connectivity index (χ2v) is 4.24. The zero-order chi connectivity index (χ0) is 12.7. The second kappa shape index (κ2) is 3.80. The quantitative estimate of drug-likeness (QED) is 0.774. The van der Waals surface area contributed by atoms with Gasteiger partial charge in [0, 0.05) is 11.6 Å². The first kappa shape index (κ1) is 10.7. The van der Waals surface area contributed by atoms with E-state index in [0.717, 1.165) is 5.56 Å². The van der Waals surface area contributed by atoms with Gasteiger partial charge in [-0.25, -0.2) is 0 Å². The van der Waals surface area contributed by atoms with E-state index in [0.29, 0.717) is 11.5 Å². The lowest BCUT2D eigenvalue weighted by Crippen LogP contribution is -2.37. The molecule has 1 atom stereocenters. The minimum absolute atomic E-state index is 0.285. The lowest BCUT2D eigenvalue weighted by molar-refractivity contribution is -0.118. The smallest absolute Gasteiger partial charge is 0.261 e. The molecule has 1 amide bonds. The lowest BCUT2D eigenvalue weighted by Gasteiger charge is -2.17. The molecule has 0 spiro atoms. The molecule has 2 aromatic rings. The van der Waals surface area contributed by atoms with Crippen LogP contribution in [0.3, 0.4) is 0 Å². The fourth-order valence-electron chi connectivity index (χ4n) is 1.92. The maximum absolute atomic E-state index is 11.9. The predicted molar refractivity (Wildman–Crippen MR) is 66.1 cm³/mol. The number of hydrogen-bond acceptors (Lipinski definition) is 3. The predicted octanol–water partition coefficient (Wildman–Crippen LogP) is 1.78. The summed E-state index contributed by atoms with van der Waals surface area (Å²) in [4.78, 5) is 23.5. The van der Waals surface area contributed by atoms with Crippen molar-refractivity contribution in [3.63, 3.8) is 0 Å². The van der Waals surface area contributed by atoms with Crippen LogP contribution in [0.5, 0.6) is 0 Å². The van der Waals surface area contributed by atoms with Crippen LogP contribution >= 0.6 is 0 Å². The van der Waals surface area contributed by atoms with Crippen LogP contribution in [0.2, 0.25) is 0 Å². The molecule has 1 unspecified atom stereocenters. The van der Waals surface area contributed by atoms with Gasteiger partial charge in [0.1, 0.15) is 11.7 Å². The van der Waals surface area contributed by atoms with Crippen molar-refractivity contribution >= 4 is 17.6 Å². The summed E-state index contributed by atoms with van der Waals surface area (Å²) >= 11 is 0. The van der Waals surface area contributed by atoms with E-state index in [-0.39, 0.29) is 11.8 Å². The molecule has 1 aromatic carbocycles. The molecule has 1 aliphatic rings. The van der Waals surface area contributed by atoms with Gasteiger partial charge in [0.05, 0.1) is 5.69 Å². The summed E-state index contributed by atoms with van der Waals surface area (Å²) in [7, 11) is 0. The van der Waals surface area contributed by atoms with Crippen molar-refractivity contribution in [1.82, 2.24) is 9.78 Å². The van der Waals surface area contributed by atoms with Gasteiger partial charge >= 0.3 is 0 Å². The average molecular weight is 241 g/mol. The fraction of sp³-hybridized carbons (Fsp3) is 0.154. The van der Waals surface area contributed by atoms with Crippen molar-refractivity contribution in [2.45, 2.75) is 6.92 Å². The molecule has 3 rings (SSSR count). The summed E-state index contributed by atoms with van der Waals surface area (Å²) in [6.07, 6.45) is 0. The number of amides is 1. The molecule has 18 heavy (non-hydrogen) atoms. The highest BCUT2D eigenvalue weighted by Gasteiger charge is 2.32. The van der Waals surface area contributed by atoms with Crippen molar-refractivity contribution in [2.75, 3.05) is 5.32 Å². The van der Waals surface area contributed by atoms with E-state index in [9.17, 15) is 9.59 Å². The summed E-state index contributed by atoms with van der Waals surface area (Å²) in [6.45, 7) is 1.57. The summed E-state index contributed by atoms with van der Waals surface area (Å²) in [5.41, 5.74) is 1.59. The molecule has 2 heterocycles. The van der Waals surface area contributed by atoms with Gasteiger partial charge in [-0.2, -0.15) is 9.78 Å². The minimum Gasteiger partial charge on any atom is -0.310 e. The van der Waals surface area contributed by atoms with Crippen molar-refractivity contribution < 1.29 is 9.59 Å². The monoisotopic (exact) mass is 241 g/mol. The van der Waals surface area contributed by atoms with E-state index >= 15 is 0 Å². The molecule has 0 bridgehead atoms. The minimum atomic E-state index is -0.693. The molecule has 0 saturated carbocycles. The summed E-state index contributed by atoms with van der Waals surface area (Å²) in [6, 6.07) is 11.2. The molecular weight excluding hydrogens is 230 g/mol. The molecule has 1 aliphatic heterocycles. The van der Waals surface area contributed by atoms with Gasteiger partial charge in [0.15, 0.2) is 0 Å².